The third-order valence-corrected chi connectivity index (χ3v) is 4.62. The van der Waals surface area contributed by atoms with E-state index in [1.807, 2.05) is 6.07 Å². The lowest BCUT2D eigenvalue weighted by atomic mass is 10.2. The first-order valence-electron chi connectivity index (χ1n) is 7.46. The Hall–Kier alpha value is -2.28. The van der Waals surface area contributed by atoms with E-state index in [4.69, 9.17) is 39.5 Å². The third kappa shape index (κ3) is 3.77. The van der Waals surface area contributed by atoms with Gasteiger partial charge >= 0.3 is 5.97 Å². The van der Waals surface area contributed by atoms with Crippen molar-refractivity contribution in [3.05, 3.63) is 57.2 Å². The average molecular weight is 413 g/mol. The summed E-state index contributed by atoms with van der Waals surface area (Å²) < 4.78 is 5.20. The Morgan fingerprint density at radius 1 is 1.12 bits per heavy atom. The zero-order chi connectivity index (χ0) is 18.8. The number of halogens is 3. The number of para-hydroxylation sites is 1. The van der Waals surface area contributed by atoms with Gasteiger partial charge in [-0.05, 0) is 25.1 Å². The number of nitrogens with one attached hydrogen (secondary N) is 2. The Morgan fingerprint density at radius 2 is 1.81 bits per heavy atom. The smallest absolute Gasteiger partial charge is 0.360 e. The van der Waals surface area contributed by atoms with Gasteiger partial charge in [0, 0.05) is 5.39 Å². The molecule has 1 amide bonds. The molecule has 1 unspecified atom stereocenters. The molecule has 0 saturated carbocycles. The number of benzene rings is 2. The zero-order valence-electron chi connectivity index (χ0n) is 13.3. The Balaban J connectivity index is 1.71. The largest absolute Gasteiger partial charge is 0.448 e. The van der Waals surface area contributed by atoms with E-state index in [9.17, 15) is 9.59 Å². The summed E-state index contributed by atoms with van der Waals surface area (Å²) in [5, 5.41) is 10.5. The highest BCUT2D eigenvalue weighted by Crippen LogP contribution is 2.32. The summed E-state index contributed by atoms with van der Waals surface area (Å²) in [6, 6.07) is 9.92. The SMILES string of the molecule is CC(OC(=O)c1n[nH]c2ccccc12)C(=O)Nc1cc(Cl)c(Cl)cc1Cl. The van der Waals surface area contributed by atoms with Gasteiger partial charge < -0.3 is 10.1 Å². The molecule has 0 aliphatic carbocycles. The summed E-state index contributed by atoms with van der Waals surface area (Å²) >= 11 is 17.8. The first-order valence-corrected chi connectivity index (χ1v) is 8.59. The third-order valence-electron chi connectivity index (χ3n) is 3.58. The first-order chi connectivity index (χ1) is 12.4. The van der Waals surface area contributed by atoms with Crippen LogP contribution in [0.5, 0.6) is 0 Å². The molecule has 1 aromatic heterocycles. The van der Waals surface area contributed by atoms with Crippen molar-refractivity contribution in [2.75, 3.05) is 5.32 Å². The minimum absolute atomic E-state index is 0.104. The quantitative estimate of drug-likeness (QED) is 0.480. The molecule has 2 aromatic carbocycles. The maximum absolute atomic E-state index is 12.3. The lowest BCUT2D eigenvalue weighted by molar-refractivity contribution is -0.123. The molecule has 0 radical (unpaired) electrons. The monoisotopic (exact) mass is 411 g/mol. The maximum Gasteiger partial charge on any atom is 0.360 e. The van der Waals surface area contributed by atoms with Gasteiger partial charge in [-0.3, -0.25) is 9.89 Å². The predicted molar refractivity (Wildman–Crippen MR) is 101 cm³/mol. The van der Waals surface area contributed by atoms with Gasteiger partial charge in [-0.1, -0.05) is 53.0 Å². The molecular weight excluding hydrogens is 401 g/mol. The minimum atomic E-state index is -1.08. The second-order valence-electron chi connectivity index (χ2n) is 5.40. The molecule has 0 saturated heterocycles. The summed E-state index contributed by atoms with van der Waals surface area (Å²) in [6.45, 7) is 1.44. The van der Waals surface area contributed by atoms with Crippen molar-refractivity contribution >= 4 is 63.3 Å². The van der Waals surface area contributed by atoms with Crippen LogP contribution in [-0.4, -0.2) is 28.2 Å². The number of anilines is 1. The van der Waals surface area contributed by atoms with Gasteiger partial charge in [-0.15, -0.1) is 0 Å². The molecule has 0 fully saturated rings. The number of rotatable bonds is 4. The van der Waals surface area contributed by atoms with Gasteiger partial charge in [-0.2, -0.15) is 5.10 Å². The number of esters is 1. The molecule has 6 nitrogen and oxygen atoms in total. The second-order valence-corrected chi connectivity index (χ2v) is 6.62. The molecule has 3 aromatic rings. The van der Waals surface area contributed by atoms with E-state index >= 15 is 0 Å². The molecular formula is C17H12Cl3N3O3. The molecule has 0 aliphatic heterocycles. The van der Waals surface area contributed by atoms with Crippen molar-refractivity contribution in [3.8, 4) is 0 Å². The number of hydrogen-bond acceptors (Lipinski definition) is 4. The molecule has 1 heterocycles. The Kier molecular flexibility index (Phi) is 5.36. The fourth-order valence-corrected chi connectivity index (χ4v) is 2.84. The number of nitrogens with zero attached hydrogens (tertiary/aromatic N) is 1. The molecule has 3 rings (SSSR count). The Bertz CT molecular complexity index is 1000. The lowest BCUT2D eigenvalue weighted by Gasteiger charge is -2.14. The van der Waals surface area contributed by atoms with Crippen LogP contribution in [-0.2, 0) is 9.53 Å². The summed E-state index contributed by atoms with van der Waals surface area (Å²) in [7, 11) is 0. The molecule has 134 valence electrons. The lowest BCUT2D eigenvalue weighted by Crippen LogP contribution is -2.30. The molecule has 1 atom stereocenters. The van der Waals surface area contributed by atoms with Gasteiger partial charge in [0.05, 0.1) is 26.3 Å². The van der Waals surface area contributed by atoms with Crippen LogP contribution in [0, 0.1) is 0 Å². The maximum atomic E-state index is 12.3. The van der Waals surface area contributed by atoms with Crippen LogP contribution < -0.4 is 5.32 Å². The van der Waals surface area contributed by atoms with Crippen LogP contribution >= 0.6 is 34.8 Å². The van der Waals surface area contributed by atoms with Gasteiger partial charge in [0.2, 0.25) is 0 Å². The number of amides is 1. The standard InChI is InChI=1S/C17H12Cl3N3O3/c1-8(16(24)21-14-7-11(19)10(18)6-12(14)20)26-17(25)15-9-4-2-3-5-13(9)22-23-15/h2-8H,1H3,(H,21,24)(H,22,23). The predicted octanol–water partition coefficient (Wildman–Crippen LogP) is 4.71. The summed E-state index contributed by atoms with van der Waals surface area (Å²) in [4.78, 5) is 24.6. The van der Waals surface area contributed by atoms with Crippen LogP contribution in [0.15, 0.2) is 36.4 Å². The zero-order valence-corrected chi connectivity index (χ0v) is 15.6. The van der Waals surface area contributed by atoms with E-state index in [-0.39, 0.29) is 26.4 Å². The van der Waals surface area contributed by atoms with Gasteiger partial charge in [-0.25, -0.2) is 4.79 Å². The highest BCUT2D eigenvalue weighted by Gasteiger charge is 2.23. The van der Waals surface area contributed by atoms with Gasteiger partial charge in [0.25, 0.3) is 5.91 Å². The molecule has 0 aliphatic rings. The second kappa shape index (κ2) is 7.53. The summed E-state index contributed by atoms with van der Waals surface area (Å²) in [5.41, 5.74) is 1.06. The number of aromatic amines is 1. The van der Waals surface area contributed by atoms with E-state index in [2.05, 4.69) is 15.5 Å². The Labute approximate surface area is 163 Å². The highest BCUT2D eigenvalue weighted by molar-refractivity contribution is 6.44. The molecule has 0 spiro atoms. The minimum Gasteiger partial charge on any atom is -0.448 e. The molecule has 2 N–H and O–H groups in total. The average Bonchev–Trinajstić information content (AvgIpc) is 3.03. The molecule has 26 heavy (non-hydrogen) atoms. The van der Waals surface area contributed by atoms with Crippen molar-refractivity contribution in [2.45, 2.75) is 13.0 Å². The van der Waals surface area contributed by atoms with Crippen molar-refractivity contribution < 1.29 is 14.3 Å². The molecule has 0 bridgehead atoms. The van der Waals surface area contributed by atoms with E-state index in [0.717, 1.165) is 0 Å². The van der Waals surface area contributed by atoms with Crippen LogP contribution in [0.1, 0.15) is 17.4 Å². The normalized spacial score (nSPS) is 12.0. The number of aromatic nitrogens is 2. The van der Waals surface area contributed by atoms with E-state index < -0.39 is 18.0 Å². The number of ether oxygens (including phenoxy) is 1. The number of carbonyl (C=O) groups is 2. The number of hydrogen-bond donors (Lipinski definition) is 2. The number of fused-ring (bicyclic) bond motifs is 1. The van der Waals surface area contributed by atoms with E-state index in [0.29, 0.717) is 10.9 Å². The van der Waals surface area contributed by atoms with Gasteiger partial charge in [0.15, 0.2) is 11.8 Å². The fourth-order valence-electron chi connectivity index (χ4n) is 2.24. The Morgan fingerprint density at radius 3 is 2.58 bits per heavy atom. The van der Waals surface area contributed by atoms with Gasteiger partial charge in [0.1, 0.15) is 0 Å². The van der Waals surface area contributed by atoms with Crippen molar-refractivity contribution in [1.29, 1.82) is 0 Å². The van der Waals surface area contributed by atoms with Crippen molar-refractivity contribution in [1.82, 2.24) is 10.2 Å². The summed E-state index contributed by atoms with van der Waals surface area (Å²) in [6.07, 6.45) is -1.08. The van der Waals surface area contributed by atoms with Crippen molar-refractivity contribution in [3.63, 3.8) is 0 Å². The van der Waals surface area contributed by atoms with Crippen LogP contribution in [0.2, 0.25) is 15.1 Å². The summed E-state index contributed by atoms with van der Waals surface area (Å²) in [5.74, 6) is -1.29. The van der Waals surface area contributed by atoms with Crippen LogP contribution in [0.25, 0.3) is 10.9 Å². The van der Waals surface area contributed by atoms with E-state index in [1.54, 1.807) is 18.2 Å². The highest BCUT2D eigenvalue weighted by atomic mass is 35.5. The van der Waals surface area contributed by atoms with Crippen LogP contribution in [0.3, 0.4) is 0 Å². The van der Waals surface area contributed by atoms with Crippen molar-refractivity contribution in [2.24, 2.45) is 0 Å². The van der Waals surface area contributed by atoms with Crippen LogP contribution in [0.4, 0.5) is 5.69 Å². The molecule has 9 heteroatoms. The fraction of sp³-hybridized carbons (Fsp3) is 0.118. The first kappa shape index (κ1) is 18.5. The number of carbonyl (C=O) groups excluding carboxylic acids is 2. The number of H-pyrrole nitrogens is 1. The van der Waals surface area contributed by atoms with E-state index in [1.165, 1.54) is 19.1 Å². The topological polar surface area (TPSA) is 84.1 Å².